The summed E-state index contributed by atoms with van der Waals surface area (Å²) in [5, 5.41) is 0. The molecule has 0 atom stereocenters. The first-order chi connectivity index (χ1) is 6.95. The van der Waals surface area contributed by atoms with Gasteiger partial charge in [0, 0.05) is 4.47 Å². The Kier molecular flexibility index (Phi) is 3.71. The minimum absolute atomic E-state index is 0.370. The van der Waals surface area contributed by atoms with Gasteiger partial charge in [0.1, 0.15) is 5.75 Å². The number of nitrogens with two attached hydrogens (primary N) is 1. The summed E-state index contributed by atoms with van der Waals surface area (Å²) in [6, 6.07) is 7.22. The van der Waals surface area contributed by atoms with E-state index in [1.54, 1.807) is 26.0 Å². The van der Waals surface area contributed by atoms with Gasteiger partial charge in [-0.2, -0.15) is 0 Å². The van der Waals surface area contributed by atoms with Crippen LogP contribution in [0.1, 0.15) is 13.8 Å². The van der Waals surface area contributed by atoms with Crippen LogP contribution in [0.4, 0.5) is 0 Å². The summed E-state index contributed by atoms with van der Waals surface area (Å²) in [5.74, 6) is 5.30. The lowest BCUT2D eigenvalue weighted by Crippen LogP contribution is -2.49. The van der Waals surface area contributed by atoms with Gasteiger partial charge in [-0.1, -0.05) is 15.9 Å². The molecule has 0 unspecified atom stereocenters. The fourth-order valence-electron chi connectivity index (χ4n) is 1.02. The molecule has 0 bridgehead atoms. The highest BCUT2D eigenvalue weighted by molar-refractivity contribution is 9.10. The Morgan fingerprint density at radius 1 is 1.40 bits per heavy atom. The number of benzene rings is 1. The number of carbonyl (C=O) groups is 1. The highest BCUT2D eigenvalue weighted by atomic mass is 79.9. The predicted molar refractivity (Wildman–Crippen MR) is 61.2 cm³/mol. The van der Waals surface area contributed by atoms with Crippen molar-refractivity contribution in [2.75, 3.05) is 0 Å². The van der Waals surface area contributed by atoms with Crippen molar-refractivity contribution in [2.45, 2.75) is 19.4 Å². The maximum absolute atomic E-state index is 11.3. The molecule has 3 N–H and O–H groups in total. The zero-order chi connectivity index (χ0) is 11.5. The minimum atomic E-state index is -0.984. The summed E-state index contributed by atoms with van der Waals surface area (Å²) < 4.78 is 6.45. The molecule has 0 aliphatic heterocycles. The number of halogens is 1. The lowest BCUT2D eigenvalue weighted by atomic mass is 10.1. The number of hydrogen-bond donors (Lipinski definition) is 2. The third-order valence-electron chi connectivity index (χ3n) is 1.86. The maximum atomic E-state index is 11.3. The van der Waals surface area contributed by atoms with E-state index < -0.39 is 5.60 Å². The Labute approximate surface area is 96.9 Å². The average molecular weight is 273 g/mol. The van der Waals surface area contributed by atoms with Gasteiger partial charge < -0.3 is 4.74 Å². The van der Waals surface area contributed by atoms with Crippen LogP contribution in [0.15, 0.2) is 28.7 Å². The van der Waals surface area contributed by atoms with Crippen LogP contribution in [-0.4, -0.2) is 11.5 Å². The van der Waals surface area contributed by atoms with Gasteiger partial charge >= 0.3 is 0 Å². The lowest BCUT2D eigenvalue weighted by molar-refractivity contribution is -0.134. The van der Waals surface area contributed by atoms with Crippen molar-refractivity contribution < 1.29 is 9.53 Å². The standard InChI is InChI=1S/C10H13BrN2O2/c1-10(2,9(14)13-12)15-8-5-3-7(11)4-6-8/h3-6H,12H2,1-2H3,(H,13,14). The van der Waals surface area contributed by atoms with Crippen molar-refractivity contribution in [3.05, 3.63) is 28.7 Å². The van der Waals surface area contributed by atoms with E-state index in [0.717, 1.165) is 4.47 Å². The largest absolute Gasteiger partial charge is 0.478 e. The van der Waals surface area contributed by atoms with E-state index in [0.29, 0.717) is 5.75 Å². The Bertz CT molecular complexity index is 349. The van der Waals surface area contributed by atoms with Crippen LogP contribution in [0.25, 0.3) is 0 Å². The molecule has 5 heteroatoms. The Morgan fingerprint density at radius 3 is 2.40 bits per heavy atom. The molecule has 0 fully saturated rings. The molecular formula is C10H13BrN2O2. The summed E-state index contributed by atoms with van der Waals surface area (Å²) >= 11 is 3.31. The number of hydrogen-bond acceptors (Lipinski definition) is 3. The number of carbonyl (C=O) groups excluding carboxylic acids is 1. The Balaban J connectivity index is 2.77. The number of rotatable bonds is 3. The smallest absolute Gasteiger partial charge is 0.277 e. The molecule has 0 heterocycles. The first-order valence-corrected chi connectivity index (χ1v) is 5.20. The van der Waals surface area contributed by atoms with Gasteiger partial charge in [0.15, 0.2) is 5.60 Å². The fourth-order valence-corrected chi connectivity index (χ4v) is 1.28. The van der Waals surface area contributed by atoms with Crippen LogP contribution in [-0.2, 0) is 4.79 Å². The van der Waals surface area contributed by atoms with Crippen molar-refractivity contribution in [3.8, 4) is 5.75 Å². The number of ether oxygens (including phenoxy) is 1. The zero-order valence-electron chi connectivity index (χ0n) is 8.58. The molecule has 0 saturated carbocycles. The molecule has 0 saturated heterocycles. The zero-order valence-corrected chi connectivity index (χ0v) is 10.2. The van der Waals surface area contributed by atoms with Gasteiger partial charge in [0.2, 0.25) is 0 Å². The first kappa shape index (κ1) is 12.0. The maximum Gasteiger partial charge on any atom is 0.277 e. The molecule has 1 aromatic carbocycles. The second-order valence-corrected chi connectivity index (χ2v) is 4.46. The lowest BCUT2D eigenvalue weighted by Gasteiger charge is -2.24. The van der Waals surface area contributed by atoms with E-state index >= 15 is 0 Å². The molecule has 0 radical (unpaired) electrons. The van der Waals surface area contributed by atoms with Crippen molar-refractivity contribution >= 4 is 21.8 Å². The summed E-state index contributed by atoms with van der Waals surface area (Å²) in [6.07, 6.45) is 0. The topological polar surface area (TPSA) is 64.3 Å². The highest BCUT2D eigenvalue weighted by Crippen LogP contribution is 2.20. The SMILES string of the molecule is CC(C)(Oc1ccc(Br)cc1)C(=O)NN. The molecule has 4 nitrogen and oxygen atoms in total. The minimum Gasteiger partial charge on any atom is -0.478 e. The van der Waals surface area contributed by atoms with Crippen LogP contribution in [0.3, 0.4) is 0 Å². The van der Waals surface area contributed by atoms with Crippen molar-refractivity contribution in [1.29, 1.82) is 0 Å². The van der Waals surface area contributed by atoms with Crippen LogP contribution in [0.5, 0.6) is 5.75 Å². The first-order valence-electron chi connectivity index (χ1n) is 4.41. The van der Waals surface area contributed by atoms with Crippen molar-refractivity contribution in [1.82, 2.24) is 5.43 Å². The van der Waals surface area contributed by atoms with Gasteiger partial charge in [-0.3, -0.25) is 10.2 Å². The van der Waals surface area contributed by atoms with E-state index in [-0.39, 0.29) is 5.91 Å². The molecule has 0 aliphatic rings. The summed E-state index contributed by atoms with van der Waals surface area (Å²) in [6.45, 7) is 3.30. The Hall–Kier alpha value is -1.07. The van der Waals surface area contributed by atoms with E-state index in [2.05, 4.69) is 21.4 Å². The normalized spacial score (nSPS) is 10.9. The van der Waals surface area contributed by atoms with Gasteiger partial charge in [0.25, 0.3) is 5.91 Å². The fraction of sp³-hybridized carbons (Fsp3) is 0.300. The molecule has 0 spiro atoms. The predicted octanol–water partition coefficient (Wildman–Crippen LogP) is 1.60. The second-order valence-electron chi connectivity index (χ2n) is 3.54. The number of nitrogens with one attached hydrogen (secondary N) is 1. The molecule has 1 rings (SSSR count). The van der Waals surface area contributed by atoms with E-state index in [9.17, 15) is 4.79 Å². The van der Waals surface area contributed by atoms with E-state index in [1.807, 2.05) is 12.1 Å². The van der Waals surface area contributed by atoms with Gasteiger partial charge in [0.05, 0.1) is 0 Å². The van der Waals surface area contributed by atoms with Gasteiger partial charge in [-0.05, 0) is 38.1 Å². The molecule has 15 heavy (non-hydrogen) atoms. The average Bonchev–Trinajstić information content (AvgIpc) is 2.20. The summed E-state index contributed by atoms with van der Waals surface area (Å²) in [7, 11) is 0. The van der Waals surface area contributed by atoms with Crippen LogP contribution < -0.4 is 16.0 Å². The monoisotopic (exact) mass is 272 g/mol. The molecule has 82 valence electrons. The van der Waals surface area contributed by atoms with Crippen LogP contribution in [0, 0.1) is 0 Å². The molecular weight excluding hydrogens is 260 g/mol. The number of hydrazine groups is 1. The van der Waals surface area contributed by atoms with Gasteiger partial charge in [-0.15, -0.1) is 0 Å². The third kappa shape index (κ3) is 3.21. The van der Waals surface area contributed by atoms with Crippen molar-refractivity contribution in [3.63, 3.8) is 0 Å². The molecule has 1 aromatic rings. The van der Waals surface area contributed by atoms with Gasteiger partial charge in [-0.25, -0.2) is 5.84 Å². The Morgan fingerprint density at radius 2 is 1.93 bits per heavy atom. The quantitative estimate of drug-likeness (QED) is 0.499. The third-order valence-corrected chi connectivity index (χ3v) is 2.39. The summed E-state index contributed by atoms with van der Waals surface area (Å²) in [4.78, 5) is 11.3. The number of amides is 1. The van der Waals surface area contributed by atoms with E-state index in [1.165, 1.54) is 0 Å². The van der Waals surface area contributed by atoms with Crippen molar-refractivity contribution in [2.24, 2.45) is 5.84 Å². The molecule has 0 aromatic heterocycles. The second kappa shape index (κ2) is 4.63. The van der Waals surface area contributed by atoms with Crippen LogP contribution in [0.2, 0.25) is 0 Å². The molecule has 1 amide bonds. The van der Waals surface area contributed by atoms with Crippen LogP contribution >= 0.6 is 15.9 Å². The highest BCUT2D eigenvalue weighted by Gasteiger charge is 2.29. The molecule has 0 aliphatic carbocycles. The van der Waals surface area contributed by atoms with E-state index in [4.69, 9.17) is 10.6 Å². The summed E-state index contributed by atoms with van der Waals surface area (Å²) in [5.41, 5.74) is 1.08.